The molecule has 1 heterocycles. The molecule has 1 rings (SSSR count). The van der Waals surface area contributed by atoms with Crippen LogP contribution in [-0.2, 0) is 4.79 Å². The van der Waals surface area contributed by atoms with Gasteiger partial charge in [-0.3, -0.25) is 9.80 Å². The first kappa shape index (κ1) is 11.7. The summed E-state index contributed by atoms with van der Waals surface area (Å²) in [4.78, 5) is 21.5. The summed E-state index contributed by atoms with van der Waals surface area (Å²) in [7, 11) is 0. The van der Waals surface area contributed by atoms with Crippen LogP contribution in [0.5, 0.6) is 0 Å². The first-order valence-corrected chi connectivity index (χ1v) is 5.07. The van der Waals surface area contributed by atoms with Crippen molar-refractivity contribution in [2.45, 2.75) is 25.7 Å². The molecule has 0 aromatic heterocycles. The van der Waals surface area contributed by atoms with Gasteiger partial charge in [0.15, 0.2) is 0 Å². The molecule has 15 heavy (non-hydrogen) atoms. The molecule has 0 aliphatic carbocycles. The van der Waals surface area contributed by atoms with Crippen LogP contribution in [0.1, 0.15) is 25.7 Å². The molecule has 0 saturated carbocycles. The minimum atomic E-state index is -0.769. The Balaban J connectivity index is 2.64. The van der Waals surface area contributed by atoms with Crippen molar-refractivity contribution in [3.05, 3.63) is 17.6 Å². The summed E-state index contributed by atoms with van der Waals surface area (Å²) in [6.45, 7) is 4.47. The molecule has 1 aliphatic rings. The van der Waals surface area contributed by atoms with Crippen molar-refractivity contribution >= 4 is 5.97 Å². The fraction of sp³-hybridized carbons (Fsp3) is 0.700. The van der Waals surface area contributed by atoms with E-state index >= 15 is 0 Å². The minimum Gasteiger partial charge on any atom is -0.481 e. The predicted molar refractivity (Wildman–Crippen MR) is 56.1 cm³/mol. The van der Waals surface area contributed by atoms with E-state index in [-0.39, 0.29) is 0 Å². The Morgan fingerprint density at radius 2 is 2.13 bits per heavy atom. The molecule has 0 unspecified atom stereocenters. The number of carboxylic acids is 1. The van der Waals surface area contributed by atoms with Crippen LogP contribution >= 0.6 is 0 Å². The third-order valence-electron chi connectivity index (χ3n) is 3.09. The molecule has 0 radical (unpaired) electrons. The fourth-order valence-corrected chi connectivity index (χ4v) is 1.95. The van der Waals surface area contributed by atoms with Crippen LogP contribution in [0.25, 0.3) is 0 Å². The average Bonchev–Trinajstić information content (AvgIpc) is 2.27. The standard InChI is InChI=1S/C10H16N2O3/c1-2-3-4-10(9(13)14)5-7-12(11-15)8-6-10/h2H,1,3-8H2,(H,13,14). The molecular weight excluding hydrogens is 196 g/mol. The summed E-state index contributed by atoms with van der Waals surface area (Å²) in [5, 5.41) is 13.4. The lowest BCUT2D eigenvalue weighted by molar-refractivity contribution is -0.152. The number of nitroso groups, excluding NO2 is 1. The molecule has 0 aromatic carbocycles. The quantitative estimate of drug-likeness (QED) is 0.557. The summed E-state index contributed by atoms with van der Waals surface area (Å²) in [5.41, 5.74) is -0.685. The first-order chi connectivity index (χ1) is 7.14. The van der Waals surface area contributed by atoms with Crippen LogP contribution in [0.2, 0.25) is 0 Å². The van der Waals surface area contributed by atoms with E-state index in [4.69, 9.17) is 0 Å². The van der Waals surface area contributed by atoms with Crippen molar-refractivity contribution in [2.75, 3.05) is 13.1 Å². The topological polar surface area (TPSA) is 70.0 Å². The average molecular weight is 212 g/mol. The minimum absolute atomic E-state index is 0.437. The van der Waals surface area contributed by atoms with Crippen molar-refractivity contribution in [1.29, 1.82) is 0 Å². The van der Waals surface area contributed by atoms with Crippen molar-refractivity contribution < 1.29 is 9.90 Å². The van der Waals surface area contributed by atoms with Gasteiger partial charge in [0, 0.05) is 13.1 Å². The summed E-state index contributed by atoms with van der Waals surface area (Å²) < 4.78 is 0. The van der Waals surface area contributed by atoms with E-state index < -0.39 is 11.4 Å². The maximum absolute atomic E-state index is 11.2. The SMILES string of the molecule is C=CCCC1(C(=O)O)CCN(N=O)CC1. The Morgan fingerprint density at radius 1 is 1.53 bits per heavy atom. The zero-order valence-electron chi connectivity index (χ0n) is 8.69. The summed E-state index contributed by atoms with van der Waals surface area (Å²) in [6, 6.07) is 0. The number of hydrogen-bond donors (Lipinski definition) is 1. The lowest BCUT2D eigenvalue weighted by Crippen LogP contribution is -2.42. The second-order valence-electron chi connectivity index (χ2n) is 3.95. The molecule has 5 heteroatoms. The van der Waals surface area contributed by atoms with E-state index in [1.165, 1.54) is 5.01 Å². The lowest BCUT2D eigenvalue weighted by atomic mass is 9.75. The van der Waals surface area contributed by atoms with Gasteiger partial charge >= 0.3 is 5.97 Å². The Hall–Kier alpha value is -1.39. The molecule has 5 nitrogen and oxygen atoms in total. The number of allylic oxidation sites excluding steroid dienone is 1. The van der Waals surface area contributed by atoms with Gasteiger partial charge in [-0.25, -0.2) is 0 Å². The molecule has 0 atom stereocenters. The van der Waals surface area contributed by atoms with Gasteiger partial charge in [0.05, 0.1) is 10.7 Å². The molecular formula is C10H16N2O3. The molecule has 0 aromatic rings. The molecule has 0 spiro atoms. The smallest absolute Gasteiger partial charge is 0.309 e. The van der Waals surface area contributed by atoms with E-state index in [9.17, 15) is 14.8 Å². The molecule has 0 amide bonds. The molecule has 1 aliphatic heterocycles. The zero-order valence-corrected chi connectivity index (χ0v) is 8.69. The van der Waals surface area contributed by atoms with E-state index in [0.717, 1.165) is 0 Å². The van der Waals surface area contributed by atoms with Crippen molar-refractivity contribution in [3.8, 4) is 0 Å². The molecule has 1 N–H and O–H groups in total. The lowest BCUT2D eigenvalue weighted by Gasteiger charge is -2.36. The molecule has 84 valence electrons. The van der Waals surface area contributed by atoms with E-state index in [1.54, 1.807) is 6.08 Å². The number of rotatable bonds is 5. The first-order valence-electron chi connectivity index (χ1n) is 5.07. The van der Waals surface area contributed by atoms with Gasteiger partial charge in [0.2, 0.25) is 0 Å². The Bertz CT molecular complexity index is 257. The highest BCUT2D eigenvalue weighted by Gasteiger charge is 2.40. The van der Waals surface area contributed by atoms with Crippen molar-refractivity contribution in [2.24, 2.45) is 10.7 Å². The predicted octanol–water partition coefficient (Wildman–Crippen LogP) is 1.80. The summed E-state index contributed by atoms with van der Waals surface area (Å²) >= 11 is 0. The summed E-state index contributed by atoms with van der Waals surface area (Å²) in [6.07, 6.45) is 4.00. The number of nitrogens with zero attached hydrogens (tertiary/aromatic N) is 2. The second kappa shape index (κ2) is 4.91. The summed E-state index contributed by atoms with van der Waals surface area (Å²) in [5.74, 6) is -0.769. The normalized spacial score (nSPS) is 19.6. The number of carboxylic acid groups (broad SMARTS) is 1. The molecule has 0 bridgehead atoms. The third-order valence-corrected chi connectivity index (χ3v) is 3.09. The zero-order chi connectivity index (χ0) is 11.3. The fourth-order valence-electron chi connectivity index (χ4n) is 1.95. The van der Waals surface area contributed by atoms with E-state index in [1.807, 2.05) is 0 Å². The van der Waals surface area contributed by atoms with Crippen LogP contribution in [0, 0.1) is 10.3 Å². The van der Waals surface area contributed by atoms with Gasteiger partial charge in [-0.15, -0.1) is 11.5 Å². The van der Waals surface area contributed by atoms with Gasteiger partial charge in [-0.05, 0) is 25.7 Å². The van der Waals surface area contributed by atoms with Crippen LogP contribution < -0.4 is 0 Å². The third kappa shape index (κ3) is 2.55. The maximum Gasteiger partial charge on any atom is 0.309 e. The molecule has 1 fully saturated rings. The second-order valence-corrected chi connectivity index (χ2v) is 3.95. The van der Waals surface area contributed by atoms with Gasteiger partial charge < -0.3 is 5.11 Å². The van der Waals surface area contributed by atoms with Gasteiger partial charge in [-0.2, -0.15) is 0 Å². The van der Waals surface area contributed by atoms with Gasteiger partial charge in [0.1, 0.15) is 0 Å². The van der Waals surface area contributed by atoms with E-state index in [0.29, 0.717) is 38.8 Å². The number of aliphatic carboxylic acids is 1. The highest BCUT2D eigenvalue weighted by molar-refractivity contribution is 5.74. The number of hydrogen-bond acceptors (Lipinski definition) is 3. The van der Waals surface area contributed by atoms with Gasteiger partial charge in [-0.1, -0.05) is 6.08 Å². The monoisotopic (exact) mass is 212 g/mol. The highest BCUT2D eigenvalue weighted by Crippen LogP contribution is 2.36. The largest absolute Gasteiger partial charge is 0.481 e. The Labute approximate surface area is 88.7 Å². The van der Waals surface area contributed by atoms with Crippen LogP contribution in [0.15, 0.2) is 17.9 Å². The van der Waals surface area contributed by atoms with Gasteiger partial charge in [0.25, 0.3) is 0 Å². The van der Waals surface area contributed by atoms with Crippen molar-refractivity contribution in [3.63, 3.8) is 0 Å². The maximum atomic E-state index is 11.2. The van der Waals surface area contributed by atoms with Crippen LogP contribution in [-0.4, -0.2) is 29.2 Å². The van der Waals surface area contributed by atoms with Crippen LogP contribution in [0.3, 0.4) is 0 Å². The Morgan fingerprint density at radius 3 is 2.53 bits per heavy atom. The molecule has 1 saturated heterocycles. The Kier molecular flexibility index (Phi) is 3.82. The highest BCUT2D eigenvalue weighted by atomic mass is 16.4. The van der Waals surface area contributed by atoms with E-state index in [2.05, 4.69) is 11.9 Å². The number of piperidine rings is 1. The number of carbonyl (C=O) groups is 1. The van der Waals surface area contributed by atoms with Crippen molar-refractivity contribution in [1.82, 2.24) is 5.01 Å². The van der Waals surface area contributed by atoms with Crippen LogP contribution in [0.4, 0.5) is 0 Å².